The molecule has 0 amide bonds. The van der Waals surface area contributed by atoms with E-state index in [4.69, 9.17) is 10.2 Å². The molecule has 0 atom stereocenters. The van der Waals surface area contributed by atoms with Gasteiger partial charge in [0, 0.05) is 11.8 Å². The van der Waals surface area contributed by atoms with Crippen LogP contribution in [0.25, 0.3) is 21.3 Å². The number of hydrogen-bond acceptors (Lipinski definition) is 4. The van der Waals surface area contributed by atoms with Crippen LogP contribution in [0.5, 0.6) is 0 Å². The monoisotopic (exact) mass is 357 g/mol. The van der Waals surface area contributed by atoms with Gasteiger partial charge in [0.25, 0.3) is 0 Å². The zero-order valence-corrected chi connectivity index (χ0v) is 14.4. The van der Waals surface area contributed by atoms with Crippen molar-refractivity contribution in [1.29, 1.82) is 0 Å². The minimum atomic E-state index is -1.07. The summed E-state index contributed by atoms with van der Waals surface area (Å²) in [6, 6.07) is 13.4. The van der Waals surface area contributed by atoms with Gasteiger partial charge in [0.05, 0.1) is 0 Å². The van der Waals surface area contributed by atoms with Crippen LogP contribution in [0.3, 0.4) is 0 Å². The molecule has 128 valence electrons. The highest BCUT2D eigenvalue weighted by atomic mass is 32.1. The molecular weight excluding hydrogens is 340 g/mol. The van der Waals surface area contributed by atoms with Crippen molar-refractivity contribution >= 4 is 39.2 Å². The molecule has 7 heteroatoms. The number of hydrogen-bond donors (Lipinski definition) is 2. The number of anilines is 1. The van der Waals surface area contributed by atoms with E-state index in [-0.39, 0.29) is 13.1 Å². The molecule has 2 aromatic carbocycles. The molecule has 0 radical (unpaired) electrons. The Balaban J connectivity index is 1.99. The summed E-state index contributed by atoms with van der Waals surface area (Å²) in [7, 11) is 1.99. The maximum absolute atomic E-state index is 11.0. The van der Waals surface area contributed by atoms with Crippen molar-refractivity contribution < 1.29 is 24.4 Å². The normalized spacial score (nSPS) is 10.8. The zero-order valence-electron chi connectivity index (χ0n) is 13.5. The first-order valence-electron chi connectivity index (χ1n) is 7.60. The largest absolute Gasteiger partial charge is 0.480 e. The number of aryl methyl sites for hydroxylation is 1. The topological polar surface area (TPSA) is 81.7 Å². The van der Waals surface area contributed by atoms with E-state index in [1.807, 2.05) is 36.8 Å². The minimum Gasteiger partial charge on any atom is -0.480 e. The van der Waals surface area contributed by atoms with E-state index in [0.29, 0.717) is 5.69 Å². The fraction of sp³-hybridized carbons (Fsp3) is 0.167. The third-order valence-corrected chi connectivity index (χ3v) is 4.89. The van der Waals surface area contributed by atoms with Crippen molar-refractivity contribution in [2.75, 3.05) is 18.0 Å². The van der Waals surface area contributed by atoms with Crippen LogP contribution in [0.4, 0.5) is 5.69 Å². The molecule has 0 spiro atoms. The van der Waals surface area contributed by atoms with Crippen molar-refractivity contribution in [2.45, 2.75) is 0 Å². The van der Waals surface area contributed by atoms with E-state index in [1.54, 1.807) is 23.5 Å². The van der Waals surface area contributed by atoms with E-state index < -0.39 is 11.9 Å². The van der Waals surface area contributed by atoms with Crippen LogP contribution >= 0.6 is 11.3 Å². The van der Waals surface area contributed by atoms with Crippen molar-refractivity contribution in [3.05, 3.63) is 48.0 Å². The van der Waals surface area contributed by atoms with Crippen LogP contribution in [0.2, 0.25) is 0 Å². The Morgan fingerprint density at radius 3 is 2.40 bits per heavy atom. The van der Waals surface area contributed by atoms with Gasteiger partial charge in [0.1, 0.15) is 24.8 Å². The van der Waals surface area contributed by atoms with Gasteiger partial charge in [-0.1, -0.05) is 29.5 Å². The van der Waals surface area contributed by atoms with Gasteiger partial charge in [-0.05, 0) is 29.3 Å². The van der Waals surface area contributed by atoms with Gasteiger partial charge in [0.15, 0.2) is 0 Å². The Morgan fingerprint density at radius 2 is 1.72 bits per heavy atom. The van der Waals surface area contributed by atoms with Gasteiger partial charge < -0.3 is 15.1 Å². The lowest BCUT2D eigenvalue weighted by Gasteiger charge is -2.21. The first-order valence-corrected chi connectivity index (χ1v) is 8.48. The van der Waals surface area contributed by atoms with Gasteiger partial charge in [0.2, 0.25) is 11.0 Å². The van der Waals surface area contributed by atoms with Gasteiger partial charge >= 0.3 is 11.9 Å². The Morgan fingerprint density at radius 1 is 1.04 bits per heavy atom. The van der Waals surface area contributed by atoms with Crippen LogP contribution in [0, 0.1) is 0 Å². The van der Waals surface area contributed by atoms with Crippen LogP contribution in [0.15, 0.2) is 48.0 Å². The molecule has 2 N–H and O–H groups in total. The Labute approximate surface area is 148 Å². The molecule has 0 saturated carbocycles. The van der Waals surface area contributed by atoms with E-state index >= 15 is 0 Å². The smallest absolute Gasteiger partial charge is 0.323 e. The van der Waals surface area contributed by atoms with Crippen LogP contribution in [0.1, 0.15) is 0 Å². The van der Waals surface area contributed by atoms with E-state index in [9.17, 15) is 9.59 Å². The SMILES string of the molecule is C[n+]1csc2ccc(-c3cccc(N(CC(=O)O)CC(=O)O)c3)cc21. The molecule has 0 saturated heterocycles. The summed E-state index contributed by atoms with van der Waals surface area (Å²) in [6.45, 7) is -0.734. The average molecular weight is 357 g/mol. The van der Waals surface area contributed by atoms with E-state index in [1.165, 1.54) is 9.60 Å². The van der Waals surface area contributed by atoms with Crippen LogP contribution in [-0.4, -0.2) is 35.2 Å². The Kier molecular flexibility index (Phi) is 4.67. The summed E-state index contributed by atoms with van der Waals surface area (Å²) >= 11 is 1.66. The molecule has 0 aliphatic rings. The standard InChI is InChI=1S/C18H16N2O4S/c1-19-11-25-16-6-5-13(8-15(16)19)12-3-2-4-14(7-12)20(9-17(21)22)10-18(23)24/h2-8,11H,9-10H2,1H3,(H-,21,22,23,24)/p+1. The number of aromatic nitrogens is 1. The second kappa shape index (κ2) is 6.90. The Hall–Kier alpha value is -2.93. The summed E-state index contributed by atoms with van der Waals surface area (Å²) in [4.78, 5) is 23.4. The average Bonchev–Trinajstić information content (AvgIpc) is 2.94. The Bertz CT molecular complexity index is 935. The zero-order chi connectivity index (χ0) is 18.0. The lowest BCUT2D eigenvalue weighted by Crippen LogP contribution is -2.34. The summed E-state index contributed by atoms with van der Waals surface area (Å²) in [5, 5.41) is 18.1. The van der Waals surface area contributed by atoms with Gasteiger partial charge in [-0.2, -0.15) is 4.57 Å². The molecule has 0 aliphatic heterocycles. The number of thiazole rings is 1. The summed E-state index contributed by atoms with van der Waals surface area (Å²) < 4.78 is 3.23. The fourth-order valence-electron chi connectivity index (χ4n) is 2.71. The maximum Gasteiger partial charge on any atom is 0.323 e. The van der Waals surface area contributed by atoms with Crippen LogP contribution < -0.4 is 9.47 Å². The molecule has 3 rings (SSSR count). The molecule has 0 unspecified atom stereocenters. The third-order valence-electron chi connectivity index (χ3n) is 3.87. The lowest BCUT2D eigenvalue weighted by atomic mass is 10.0. The van der Waals surface area contributed by atoms with Gasteiger partial charge in [-0.3, -0.25) is 9.59 Å². The highest BCUT2D eigenvalue weighted by Gasteiger charge is 2.15. The number of aliphatic carboxylic acids is 2. The molecule has 1 aromatic heterocycles. The first-order chi connectivity index (χ1) is 11.9. The number of benzene rings is 2. The molecule has 0 aliphatic carbocycles. The highest BCUT2D eigenvalue weighted by Crippen LogP contribution is 2.28. The second-order valence-corrected chi connectivity index (χ2v) is 6.60. The van der Waals surface area contributed by atoms with E-state index in [2.05, 4.69) is 10.6 Å². The number of carboxylic acids is 2. The summed E-state index contributed by atoms with van der Waals surface area (Å²) in [5.74, 6) is -2.14. The van der Waals surface area contributed by atoms with Gasteiger partial charge in [-0.15, -0.1) is 0 Å². The quantitative estimate of drug-likeness (QED) is 0.662. The molecule has 6 nitrogen and oxygen atoms in total. The highest BCUT2D eigenvalue weighted by molar-refractivity contribution is 7.16. The minimum absolute atomic E-state index is 0.367. The molecule has 25 heavy (non-hydrogen) atoms. The number of carboxylic acid groups (broad SMARTS) is 2. The molecular formula is C18H17N2O4S+. The lowest BCUT2D eigenvalue weighted by molar-refractivity contribution is -0.640. The third kappa shape index (κ3) is 3.77. The van der Waals surface area contributed by atoms with Crippen molar-refractivity contribution in [3.8, 4) is 11.1 Å². The predicted molar refractivity (Wildman–Crippen MR) is 95.9 cm³/mol. The van der Waals surface area contributed by atoms with Crippen LogP contribution in [-0.2, 0) is 16.6 Å². The first kappa shape index (κ1) is 16.9. The predicted octanol–water partition coefficient (Wildman–Crippen LogP) is 2.37. The molecule has 1 heterocycles. The summed E-state index contributed by atoms with van der Waals surface area (Å²) in [5.41, 5.74) is 5.62. The van der Waals surface area contributed by atoms with Crippen molar-refractivity contribution in [3.63, 3.8) is 0 Å². The second-order valence-electron chi connectivity index (χ2n) is 5.71. The summed E-state index contributed by atoms with van der Waals surface area (Å²) in [6.07, 6.45) is 0. The maximum atomic E-state index is 11.0. The molecule has 0 bridgehead atoms. The number of carbonyl (C=O) groups is 2. The number of nitrogens with zero attached hydrogens (tertiary/aromatic N) is 2. The number of rotatable bonds is 6. The van der Waals surface area contributed by atoms with Crippen molar-refractivity contribution in [2.24, 2.45) is 7.05 Å². The number of fused-ring (bicyclic) bond motifs is 1. The van der Waals surface area contributed by atoms with E-state index in [0.717, 1.165) is 16.6 Å². The molecule has 0 fully saturated rings. The van der Waals surface area contributed by atoms with Gasteiger partial charge in [-0.25, -0.2) is 0 Å². The van der Waals surface area contributed by atoms with Crippen molar-refractivity contribution in [1.82, 2.24) is 0 Å². The fourth-order valence-corrected chi connectivity index (χ4v) is 3.57. The molecule has 3 aromatic rings.